The standard InChI is InChI=1S/4CH3.N3.Sb/c;;;;1-3-2;/h4*1H3;;/q;;;;-1;+1. The Morgan fingerprint density at radius 1 is 1.25 bits per heavy atom. The summed E-state index contributed by atoms with van der Waals surface area (Å²) < 4.78 is 3.77. The van der Waals surface area contributed by atoms with Crippen LogP contribution in [-0.2, 0) is 0 Å². The molecule has 0 aliphatic carbocycles. The Morgan fingerprint density at radius 2 is 1.62 bits per heavy atom. The summed E-state index contributed by atoms with van der Waals surface area (Å²) in [6, 6.07) is 0. The van der Waals surface area contributed by atoms with Crippen molar-refractivity contribution in [3.63, 3.8) is 0 Å². The summed E-state index contributed by atoms with van der Waals surface area (Å²) >= 11 is -2.59. The van der Waals surface area contributed by atoms with Crippen molar-refractivity contribution < 1.29 is 0 Å². The van der Waals surface area contributed by atoms with Gasteiger partial charge in [-0.3, -0.25) is 0 Å². The monoisotopic (exact) mass is 223 g/mol. The van der Waals surface area contributed by atoms with Gasteiger partial charge in [0.25, 0.3) is 0 Å². The molecular formula is C4H12N3Sb. The molecule has 3 nitrogen and oxygen atoms in total. The molecule has 0 saturated heterocycles. The van der Waals surface area contributed by atoms with E-state index in [1.165, 1.54) is 0 Å². The van der Waals surface area contributed by atoms with Crippen LogP contribution in [0.1, 0.15) is 0 Å². The fourth-order valence-corrected chi connectivity index (χ4v) is 1.07. The molecule has 0 N–H and O–H groups in total. The molecule has 0 aromatic carbocycles. The molecule has 0 radical (unpaired) electrons. The minimum atomic E-state index is -2.59. The summed E-state index contributed by atoms with van der Waals surface area (Å²) in [5.74, 6) is 0. The molecule has 48 valence electrons. The van der Waals surface area contributed by atoms with Gasteiger partial charge in [-0.2, -0.15) is 0 Å². The second-order valence-corrected chi connectivity index (χ2v) is 24.1. The molecule has 0 heterocycles. The SMILES string of the molecule is [CH3][Sb]([CH3])([CH3])([CH3])[N]=[N+]=[N-]. The predicted molar refractivity (Wildman–Crippen MR) is 38.4 cm³/mol. The number of rotatable bonds is 1. The summed E-state index contributed by atoms with van der Waals surface area (Å²) in [5.41, 5.74) is 8.08. The van der Waals surface area contributed by atoms with Crippen LogP contribution in [0.25, 0.3) is 10.4 Å². The third kappa shape index (κ3) is 6.13. The van der Waals surface area contributed by atoms with Gasteiger partial charge in [0.05, 0.1) is 0 Å². The van der Waals surface area contributed by atoms with Crippen LogP contribution in [0, 0.1) is 0 Å². The van der Waals surface area contributed by atoms with Crippen LogP contribution < -0.4 is 0 Å². The van der Waals surface area contributed by atoms with Crippen molar-refractivity contribution >= 4 is 17.7 Å². The molecule has 0 amide bonds. The molecule has 0 aliphatic rings. The first-order valence-corrected chi connectivity index (χ1v) is 13.7. The van der Waals surface area contributed by atoms with Crippen LogP contribution in [0.3, 0.4) is 0 Å². The zero-order chi connectivity index (χ0) is 6.86. The van der Waals surface area contributed by atoms with E-state index < -0.39 is 17.7 Å². The van der Waals surface area contributed by atoms with E-state index in [9.17, 15) is 0 Å². The summed E-state index contributed by atoms with van der Waals surface area (Å²) in [6.07, 6.45) is 0. The predicted octanol–water partition coefficient (Wildman–Crippen LogP) is 2.72. The maximum atomic E-state index is 8.08. The second-order valence-electron chi connectivity index (χ2n) is 3.66. The van der Waals surface area contributed by atoms with Gasteiger partial charge in [-0.1, -0.05) is 0 Å². The summed E-state index contributed by atoms with van der Waals surface area (Å²) in [4.78, 5) is 11.1. The third-order valence-corrected chi connectivity index (χ3v) is 2.67. The van der Waals surface area contributed by atoms with Gasteiger partial charge in [-0.05, 0) is 0 Å². The maximum absolute atomic E-state index is 8.08. The van der Waals surface area contributed by atoms with Gasteiger partial charge in [-0.15, -0.1) is 0 Å². The van der Waals surface area contributed by atoms with Crippen molar-refractivity contribution in [2.24, 2.45) is 3.27 Å². The van der Waals surface area contributed by atoms with Gasteiger partial charge in [0, 0.05) is 0 Å². The Bertz CT molecular complexity index is 128. The van der Waals surface area contributed by atoms with Gasteiger partial charge < -0.3 is 0 Å². The molecule has 0 aliphatic heterocycles. The van der Waals surface area contributed by atoms with Gasteiger partial charge in [0.2, 0.25) is 0 Å². The fraction of sp³-hybridized carbons (Fsp3) is 1.00. The first-order valence-electron chi connectivity index (χ1n) is 2.39. The molecule has 0 saturated carbocycles. The topological polar surface area (TPSA) is 48.8 Å². The van der Waals surface area contributed by atoms with E-state index in [-0.39, 0.29) is 0 Å². The number of nitrogens with zero attached hydrogens (tertiary/aromatic N) is 3. The van der Waals surface area contributed by atoms with Crippen molar-refractivity contribution in [2.75, 3.05) is 0 Å². The van der Waals surface area contributed by atoms with E-state index in [4.69, 9.17) is 5.53 Å². The van der Waals surface area contributed by atoms with Crippen molar-refractivity contribution in [1.29, 1.82) is 0 Å². The first-order chi connectivity index (χ1) is 3.31. The van der Waals surface area contributed by atoms with E-state index >= 15 is 0 Å². The summed E-state index contributed by atoms with van der Waals surface area (Å²) in [6.45, 7) is 0. The fourth-order valence-electron chi connectivity index (χ4n) is 0.160. The molecule has 0 fully saturated rings. The van der Waals surface area contributed by atoms with Crippen LogP contribution in [0.15, 0.2) is 3.27 Å². The van der Waals surface area contributed by atoms with Gasteiger partial charge >= 0.3 is 50.9 Å². The Labute approximate surface area is 51.1 Å². The van der Waals surface area contributed by atoms with E-state index in [0.717, 1.165) is 0 Å². The minimum absolute atomic E-state index is 2.08. The van der Waals surface area contributed by atoms with Crippen molar-refractivity contribution in [2.45, 2.75) is 19.5 Å². The molecule has 0 aromatic rings. The third-order valence-electron chi connectivity index (χ3n) is 0.398. The quantitative estimate of drug-likeness (QED) is 0.284. The number of azide groups is 1. The average molecular weight is 224 g/mol. The van der Waals surface area contributed by atoms with Gasteiger partial charge in [0.15, 0.2) is 0 Å². The van der Waals surface area contributed by atoms with Crippen molar-refractivity contribution in [3.05, 3.63) is 10.4 Å². The molecule has 0 bridgehead atoms. The zero-order valence-electron chi connectivity index (χ0n) is 5.79. The molecule has 8 heavy (non-hydrogen) atoms. The molecular weight excluding hydrogens is 212 g/mol. The molecule has 4 heteroatoms. The van der Waals surface area contributed by atoms with Gasteiger partial charge in [0.1, 0.15) is 0 Å². The van der Waals surface area contributed by atoms with Crippen LogP contribution in [0.2, 0.25) is 19.5 Å². The molecule has 0 spiro atoms. The van der Waals surface area contributed by atoms with E-state index in [1.807, 2.05) is 0 Å². The van der Waals surface area contributed by atoms with Crippen molar-refractivity contribution in [1.82, 2.24) is 0 Å². The normalized spacial score (nSPS) is 15.8. The Kier molecular flexibility index (Phi) is 1.85. The zero-order valence-corrected chi connectivity index (χ0v) is 8.34. The number of hydrogen-bond donors (Lipinski definition) is 0. The second kappa shape index (κ2) is 1.82. The summed E-state index contributed by atoms with van der Waals surface area (Å²) in [7, 11) is 0. The Balaban J connectivity index is 4.38. The van der Waals surface area contributed by atoms with Gasteiger partial charge in [-0.25, -0.2) is 0 Å². The van der Waals surface area contributed by atoms with Crippen molar-refractivity contribution in [3.8, 4) is 0 Å². The van der Waals surface area contributed by atoms with Crippen LogP contribution >= 0.6 is 0 Å². The van der Waals surface area contributed by atoms with Crippen LogP contribution in [0.4, 0.5) is 0 Å². The van der Waals surface area contributed by atoms with E-state index in [0.29, 0.717) is 0 Å². The van der Waals surface area contributed by atoms with E-state index in [2.05, 4.69) is 27.7 Å². The van der Waals surface area contributed by atoms with Crippen LogP contribution in [0.5, 0.6) is 0 Å². The average Bonchev–Trinajstić information content (AvgIpc) is 1.25. The molecule has 0 atom stereocenters. The molecule has 0 aromatic heterocycles. The molecule has 0 rings (SSSR count). The van der Waals surface area contributed by atoms with E-state index in [1.54, 1.807) is 0 Å². The van der Waals surface area contributed by atoms with Crippen LogP contribution in [-0.4, -0.2) is 17.7 Å². The summed E-state index contributed by atoms with van der Waals surface area (Å²) in [5, 5.41) is 0. The first kappa shape index (κ1) is 8.13. The molecule has 0 unspecified atom stereocenters. The Morgan fingerprint density at radius 3 is 1.62 bits per heavy atom. The number of hydrogen-bond acceptors (Lipinski definition) is 1. The Hall–Kier alpha value is 0.128.